The number of carbonyl (C=O) groups excluding carboxylic acids is 1. The van der Waals surface area contributed by atoms with Crippen LogP contribution in [0.1, 0.15) is 31.6 Å². The van der Waals surface area contributed by atoms with Gasteiger partial charge in [-0.25, -0.2) is 4.98 Å². The van der Waals surface area contributed by atoms with Gasteiger partial charge in [-0.3, -0.25) is 4.79 Å². The molecule has 0 atom stereocenters. The highest BCUT2D eigenvalue weighted by Gasteiger charge is 2.25. The number of amides is 1. The second-order valence-corrected chi connectivity index (χ2v) is 5.86. The van der Waals surface area contributed by atoms with Gasteiger partial charge in [-0.1, -0.05) is 0 Å². The zero-order valence-corrected chi connectivity index (χ0v) is 12.3. The Bertz CT molecular complexity index is 642. The first kappa shape index (κ1) is 14.1. The molecule has 1 saturated carbocycles. The Labute approximate surface area is 123 Å². The van der Waals surface area contributed by atoms with Crippen LogP contribution in [0.3, 0.4) is 0 Å². The molecule has 0 bridgehead atoms. The van der Waals surface area contributed by atoms with Gasteiger partial charge in [-0.2, -0.15) is 0 Å². The average molecular weight is 287 g/mol. The van der Waals surface area contributed by atoms with E-state index in [1.165, 1.54) is 0 Å². The number of carbonyl (C=O) groups is 1. The lowest BCUT2D eigenvalue weighted by molar-refractivity contribution is -0.121. The van der Waals surface area contributed by atoms with Crippen molar-refractivity contribution < 1.29 is 9.21 Å². The molecule has 5 nitrogen and oxygen atoms in total. The molecule has 0 saturated heterocycles. The molecule has 0 spiro atoms. The van der Waals surface area contributed by atoms with Gasteiger partial charge in [-0.05, 0) is 56.3 Å². The number of rotatable bonds is 3. The predicted molar refractivity (Wildman–Crippen MR) is 81.9 cm³/mol. The van der Waals surface area contributed by atoms with Crippen LogP contribution in [-0.2, 0) is 4.79 Å². The second-order valence-electron chi connectivity index (χ2n) is 5.86. The number of nitrogens with two attached hydrogens (primary N) is 1. The molecule has 112 valence electrons. The van der Waals surface area contributed by atoms with Crippen LogP contribution < -0.4 is 11.1 Å². The molecule has 1 aromatic carbocycles. The summed E-state index contributed by atoms with van der Waals surface area (Å²) in [6.45, 7) is 2.55. The molecule has 0 unspecified atom stereocenters. The van der Waals surface area contributed by atoms with Crippen LogP contribution >= 0.6 is 0 Å². The molecule has 3 rings (SSSR count). The summed E-state index contributed by atoms with van der Waals surface area (Å²) in [6, 6.07) is 5.56. The van der Waals surface area contributed by atoms with Crippen LogP contribution in [0.4, 0.5) is 5.69 Å². The van der Waals surface area contributed by atoms with Crippen LogP contribution in [-0.4, -0.2) is 17.4 Å². The first-order valence-corrected chi connectivity index (χ1v) is 7.54. The largest absolute Gasteiger partial charge is 0.441 e. The van der Waals surface area contributed by atoms with E-state index in [0.29, 0.717) is 11.8 Å². The lowest BCUT2D eigenvalue weighted by Crippen LogP contribution is -2.29. The van der Waals surface area contributed by atoms with E-state index in [9.17, 15) is 4.79 Å². The molecular weight excluding hydrogens is 266 g/mol. The summed E-state index contributed by atoms with van der Waals surface area (Å²) >= 11 is 0. The van der Waals surface area contributed by atoms with Crippen LogP contribution in [0, 0.1) is 18.8 Å². The molecule has 1 aromatic heterocycles. The molecule has 1 fully saturated rings. The molecule has 2 aromatic rings. The minimum absolute atomic E-state index is 0.0996. The standard InChI is InChI=1S/C16H21N3O2/c1-10-18-14-8-13(6-7-15(14)21-10)19-16(20)12-4-2-11(9-17)3-5-12/h6-8,11-12H,2-5,9,17H2,1H3,(H,19,20). The molecule has 1 aliphatic rings. The number of oxazole rings is 1. The maximum atomic E-state index is 12.3. The minimum atomic E-state index is 0.0996. The van der Waals surface area contributed by atoms with Gasteiger partial charge in [0.1, 0.15) is 5.52 Å². The van der Waals surface area contributed by atoms with Crippen molar-refractivity contribution in [3.8, 4) is 0 Å². The fourth-order valence-corrected chi connectivity index (χ4v) is 3.03. The van der Waals surface area contributed by atoms with Crippen molar-refractivity contribution >= 4 is 22.7 Å². The smallest absolute Gasteiger partial charge is 0.227 e. The normalized spacial score (nSPS) is 22.4. The third kappa shape index (κ3) is 3.08. The van der Waals surface area contributed by atoms with E-state index >= 15 is 0 Å². The highest BCUT2D eigenvalue weighted by atomic mass is 16.3. The summed E-state index contributed by atoms with van der Waals surface area (Å²) in [5.41, 5.74) is 7.99. The maximum Gasteiger partial charge on any atom is 0.227 e. The molecule has 1 amide bonds. The number of nitrogens with one attached hydrogen (secondary N) is 1. The number of fused-ring (bicyclic) bond motifs is 1. The monoisotopic (exact) mass is 287 g/mol. The lowest BCUT2D eigenvalue weighted by atomic mass is 9.81. The van der Waals surface area contributed by atoms with Crippen molar-refractivity contribution in [2.24, 2.45) is 17.6 Å². The summed E-state index contributed by atoms with van der Waals surface area (Å²) in [4.78, 5) is 16.6. The molecule has 0 radical (unpaired) electrons. The topological polar surface area (TPSA) is 81.2 Å². The van der Waals surface area contributed by atoms with Gasteiger partial charge >= 0.3 is 0 Å². The Morgan fingerprint density at radius 3 is 2.86 bits per heavy atom. The summed E-state index contributed by atoms with van der Waals surface area (Å²) < 4.78 is 5.43. The molecule has 1 heterocycles. The van der Waals surface area contributed by atoms with E-state index in [-0.39, 0.29) is 11.8 Å². The van der Waals surface area contributed by atoms with Gasteiger partial charge in [0.25, 0.3) is 0 Å². The Morgan fingerprint density at radius 2 is 2.14 bits per heavy atom. The van der Waals surface area contributed by atoms with Crippen molar-refractivity contribution in [2.75, 3.05) is 11.9 Å². The lowest BCUT2D eigenvalue weighted by Gasteiger charge is -2.26. The Morgan fingerprint density at radius 1 is 1.38 bits per heavy atom. The predicted octanol–water partition coefficient (Wildman–Crippen LogP) is 2.84. The van der Waals surface area contributed by atoms with Crippen molar-refractivity contribution in [1.82, 2.24) is 4.98 Å². The van der Waals surface area contributed by atoms with Crippen LogP contribution in [0.15, 0.2) is 22.6 Å². The van der Waals surface area contributed by atoms with Gasteiger partial charge in [-0.15, -0.1) is 0 Å². The zero-order valence-electron chi connectivity index (χ0n) is 12.3. The number of hydrogen-bond donors (Lipinski definition) is 2. The third-order valence-corrected chi connectivity index (χ3v) is 4.31. The number of hydrogen-bond acceptors (Lipinski definition) is 4. The molecular formula is C16H21N3O2. The van der Waals surface area contributed by atoms with E-state index < -0.39 is 0 Å². The first-order chi connectivity index (χ1) is 10.2. The minimum Gasteiger partial charge on any atom is -0.441 e. The fourth-order valence-electron chi connectivity index (χ4n) is 3.03. The van der Waals surface area contributed by atoms with Gasteiger partial charge in [0.05, 0.1) is 0 Å². The van der Waals surface area contributed by atoms with Gasteiger partial charge in [0.15, 0.2) is 11.5 Å². The van der Waals surface area contributed by atoms with Gasteiger partial charge in [0.2, 0.25) is 5.91 Å². The van der Waals surface area contributed by atoms with E-state index in [1.807, 2.05) is 25.1 Å². The first-order valence-electron chi connectivity index (χ1n) is 7.54. The van der Waals surface area contributed by atoms with Crippen molar-refractivity contribution in [3.05, 3.63) is 24.1 Å². The summed E-state index contributed by atoms with van der Waals surface area (Å²) in [5, 5.41) is 2.99. The number of anilines is 1. The molecule has 21 heavy (non-hydrogen) atoms. The average Bonchev–Trinajstić information content (AvgIpc) is 2.86. The van der Waals surface area contributed by atoms with Crippen molar-refractivity contribution in [1.29, 1.82) is 0 Å². The Kier molecular flexibility index (Phi) is 3.92. The summed E-state index contributed by atoms with van der Waals surface area (Å²) in [7, 11) is 0. The summed E-state index contributed by atoms with van der Waals surface area (Å²) in [5.74, 6) is 1.42. The summed E-state index contributed by atoms with van der Waals surface area (Å²) in [6.07, 6.45) is 3.96. The van der Waals surface area contributed by atoms with Crippen LogP contribution in [0.5, 0.6) is 0 Å². The highest BCUT2D eigenvalue weighted by molar-refractivity contribution is 5.94. The number of nitrogens with zero attached hydrogens (tertiary/aromatic N) is 1. The third-order valence-electron chi connectivity index (χ3n) is 4.31. The quantitative estimate of drug-likeness (QED) is 0.909. The molecule has 3 N–H and O–H groups in total. The number of aromatic nitrogens is 1. The zero-order chi connectivity index (χ0) is 14.8. The SMILES string of the molecule is Cc1nc2cc(NC(=O)C3CCC(CN)CC3)ccc2o1. The molecule has 0 aliphatic heterocycles. The van der Waals surface area contributed by atoms with E-state index in [4.69, 9.17) is 10.2 Å². The molecule has 5 heteroatoms. The van der Waals surface area contributed by atoms with Crippen molar-refractivity contribution in [2.45, 2.75) is 32.6 Å². The number of aryl methyl sites for hydroxylation is 1. The maximum absolute atomic E-state index is 12.3. The van der Waals surface area contributed by atoms with E-state index in [1.54, 1.807) is 0 Å². The second kappa shape index (κ2) is 5.85. The van der Waals surface area contributed by atoms with E-state index in [2.05, 4.69) is 10.3 Å². The van der Waals surface area contributed by atoms with Crippen molar-refractivity contribution in [3.63, 3.8) is 0 Å². The highest BCUT2D eigenvalue weighted by Crippen LogP contribution is 2.29. The number of benzene rings is 1. The van der Waals surface area contributed by atoms with E-state index in [0.717, 1.165) is 49.0 Å². The van der Waals surface area contributed by atoms with Crippen LogP contribution in [0.25, 0.3) is 11.1 Å². The van der Waals surface area contributed by atoms with Crippen LogP contribution in [0.2, 0.25) is 0 Å². The Balaban J connectivity index is 1.65. The fraction of sp³-hybridized carbons (Fsp3) is 0.500. The Hall–Kier alpha value is -1.88. The van der Waals surface area contributed by atoms with Gasteiger partial charge < -0.3 is 15.5 Å². The molecule has 1 aliphatic carbocycles. The van der Waals surface area contributed by atoms with Gasteiger partial charge in [0, 0.05) is 18.5 Å².